The average Bonchev–Trinajstić information content (AvgIpc) is 2.83. The van der Waals surface area contributed by atoms with Crippen molar-refractivity contribution in [2.24, 2.45) is 0 Å². The highest BCUT2D eigenvalue weighted by molar-refractivity contribution is 5.76. The van der Waals surface area contributed by atoms with Crippen LogP contribution in [0.15, 0.2) is 42.5 Å². The Labute approximate surface area is 183 Å². The zero-order chi connectivity index (χ0) is 21.6. The summed E-state index contributed by atoms with van der Waals surface area (Å²) in [6, 6.07) is 14.0. The van der Waals surface area contributed by atoms with Gasteiger partial charge in [0.25, 0.3) is 0 Å². The van der Waals surface area contributed by atoms with Gasteiger partial charge in [-0.05, 0) is 35.2 Å². The lowest BCUT2D eigenvalue weighted by Crippen LogP contribution is -2.48. The first-order valence-corrected chi connectivity index (χ1v) is 10.9. The van der Waals surface area contributed by atoms with Crippen LogP contribution < -0.4 is 14.8 Å². The molecule has 0 saturated carbocycles. The van der Waals surface area contributed by atoms with Crippen LogP contribution in [0.4, 0.5) is 4.79 Å². The second-order valence-corrected chi connectivity index (χ2v) is 7.85. The summed E-state index contributed by atoms with van der Waals surface area (Å²) in [5.74, 6) is 1.40. The number of hydrogen-bond donors (Lipinski definition) is 1. The molecule has 1 fully saturated rings. The second kappa shape index (κ2) is 10.0. The normalized spacial score (nSPS) is 18.9. The fourth-order valence-corrected chi connectivity index (χ4v) is 4.41. The van der Waals surface area contributed by atoms with E-state index < -0.39 is 0 Å². The number of urea groups is 1. The van der Waals surface area contributed by atoms with Gasteiger partial charge >= 0.3 is 6.03 Å². The van der Waals surface area contributed by atoms with Crippen LogP contribution in [0.5, 0.6) is 11.5 Å². The molecule has 0 aromatic heterocycles. The molecule has 0 aliphatic carbocycles. The smallest absolute Gasteiger partial charge is 0.318 e. The van der Waals surface area contributed by atoms with Gasteiger partial charge in [-0.2, -0.15) is 0 Å². The lowest BCUT2D eigenvalue weighted by Gasteiger charge is -2.38. The molecule has 7 heteroatoms. The van der Waals surface area contributed by atoms with Crippen molar-refractivity contribution < 1.29 is 19.0 Å². The van der Waals surface area contributed by atoms with Crippen LogP contribution in [-0.4, -0.2) is 76.0 Å². The van der Waals surface area contributed by atoms with Crippen molar-refractivity contribution in [3.63, 3.8) is 0 Å². The van der Waals surface area contributed by atoms with Crippen molar-refractivity contribution in [1.82, 2.24) is 15.1 Å². The summed E-state index contributed by atoms with van der Waals surface area (Å²) in [7, 11) is 3.29. The van der Waals surface area contributed by atoms with Gasteiger partial charge in [0.05, 0.1) is 33.5 Å². The summed E-state index contributed by atoms with van der Waals surface area (Å²) in [5, 5.41) is 3.13. The van der Waals surface area contributed by atoms with E-state index in [4.69, 9.17) is 14.2 Å². The summed E-state index contributed by atoms with van der Waals surface area (Å²) >= 11 is 0. The average molecular weight is 426 g/mol. The van der Waals surface area contributed by atoms with Gasteiger partial charge in [-0.25, -0.2) is 4.79 Å². The van der Waals surface area contributed by atoms with Gasteiger partial charge in [0.2, 0.25) is 0 Å². The fraction of sp³-hybridized carbons (Fsp3) is 0.458. The maximum atomic E-state index is 13.2. The molecule has 1 atom stereocenters. The Morgan fingerprint density at radius 3 is 2.48 bits per heavy atom. The van der Waals surface area contributed by atoms with Crippen molar-refractivity contribution in [3.05, 3.63) is 59.2 Å². The molecular weight excluding hydrogens is 394 g/mol. The number of fused-ring (bicyclic) bond motifs is 1. The maximum Gasteiger partial charge on any atom is 0.318 e. The van der Waals surface area contributed by atoms with E-state index in [0.717, 1.165) is 56.1 Å². The van der Waals surface area contributed by atoms with E-state index >= 15 is 0 Å². The minimum Gasteiger partial charge on any atom is -0.493 e. The van der Waals surface area contributed by atoms with Crippen LogP contribution in [0.2, 0.25) is 0 Å². The monoisotopic (exact) mass is 425 g/mol. The number of methoxy groups -OCH3 is 2. The Bertz CT molecular complexity index is 884. The molecule has 1 unspecified atom stereocenters. The highest BCUT2D eigenvalue weighted by Crippen LogP contribution is 2.40. The number of hydrogen-bond acceptors (Lipinski definition) is 5. The van der Waals surface area contributed by atoms with Crippen LogP contribution in [-0.2, 0) is 11.2 Å². The van der Waals surface area contributed by atoms with Crippen LogP contribution >= 0.6 is 0 Å². The van der Waals surface area contributed by atoms with E-state index in [1.165, 1.54) is 5.56 Å². The Hall–Kier alpha value is -2.77. The van der Waals surface area contributed by atoms with Gasteiger partial charge in [-0.3, -0.25) is 4.90 Å². The third kappa shape index (κ3) is 4.78. The Morgan fingerprint density at radius 2 is 1.77 bits per heavy atom. The lowest BCUT2D eigenvalue weighted by atomic mass is 9.88. The van der Waals surface area contributed by atoms with Gasteiger partial charge in [-0.15, -0.1) is 0 Å². The molecule has 0 radical (unpaired) electrons. The second-order valence-electron chi connectivity index (χ2n) is 7.85. The van der Waals surface area contributed by atoms with Crippen molar-refractivity contribution >= 4 is 6.03 Å². The predicted molar refractivity (Wildman–Crippen MR) is 119 cm³/mol. The topological polar surface area (TPSA) is 63.3 Å². The van der Waals surface area contributed by atoms with Crippen LogP contribution in [0.1, 0.15) is 22.7 Å². The molecule has 2 heterocycles. The fourth-order valence-electron chi connectivity index (χ4n) is 4.41. The van der Waals surface area contributed by atoms with Crippen LogP contribution in [0.25, 0.3) is 0 Å². The van der Waals surface area contributed by atoms with Crippen LogP contribution in [0, 0.1) is 0 Å². The molecule has 2 aliphatic heterocycles. The first-order chi connectivity index (χ1) is 15.2. The number of rotatable bonds is 6. The first kappa shape index (κ1) is 21.5. The van der Waals surface area contributed by atoms with E-state index in [-0.39, 0.29) is 12.1 Å². The molecular formula is C24H31N3O4. The molecule has 4 rings (SSSR count). The van der Waals surface area contributed by atoms with E-state index in [9.17, 15) is 4.79 Å². The van der Waals surface area contributed by atoms with E-state index in [2.05, 4.69) is 22.3 Å². The van der Waals surface area contributed by atoms with E-state index in [1.807, 2.05) is 35.2 Å². The molecule has 2 aliphatic rings. The summed E-state index contributed by atoms with van der Waals surface area (Å²) in [4.78, 5) is 17.5. The van der Waals surface area contributed by atoms with Gasteiger partial charge in [0.15, 0.2) is 11.5 Å². The number of carbonyl (C=O) groups excluding carboxylic acids is 1. The number of amides is 2. The SMILES string of the molecule is COc1cc2c(cc1OC)C(c1ccccc1)N(C(=O)NCCN1CCOCC1)CC2. The standard InChI is InChI=1S/C24H31N3O4/c1-29-21-16-19-8-10-27(24(28)25-9-11-26-12-14-31-15-13-26)23(18-6-4-3-5-7-18)20(19)17-22(21)30-2/h3-7,16-17,23H,8-15H2,1-2H3,(H,25,28). The number of nitrogens with one attached hydrogen (secondary N) is 1. The van der Waals surface area contributed by atoms with Crippen molar-refractivity contribution in [2.75, 3.05) is 60.2 Å². The molecule has 1 saturated heterocycles. The van der Waals surface area contributed by atoms with E-state index in [1.54, 1.807) is 14.2 Å². The zero-order valence-corrected chi connectivity index (χ0v) is 18.3. The maximum absolute atomic E-state index is 13.2. The number of benzene rings is 2. The summed E-state index contributed by atoms with van der Waals surface area (Å²) in [5.41, 5.74) is 3.35. The minimum atomic E-state index is -0.173. The predicted octanol–water partition coefficient (Wildman–Crippen LogP) is 2.69. The minimum absolute atomic E-state index is 0.0393. The largest absolute Gasteiger partial charge is 0.493 e. The summed E-state index contributed by atoms with van der Waals surface area (Å²) in [6.45, 7) is 5.46. The van der Waals surface area contributed by atoms with Gasteiger partial charge < -0.3 is 24.4 Å². The third-order valence-electron chi connectivity index (χ3n) is 6.06. The number of carbonyl (C=O) groups is 1. The third-order valence-corrected chi connectivity index (χ3v) is 6.06. The summed E-state index contributed by atoms with van der Waals surface area (Å²) < 4.78 is 16.4. The van der Waals surface area contributed by atoms with Crippen LogP contribution in [0.3, 0.4) is 0 Å². The molecule has 2 aromatic rings. The van der Waals surface area contributed by atoms with Gasteiger partial charge in [0.1, 0.15) is 0 Å². The lowest BCUT2D eigenvalue weighted by molar-refractivity contribution is 0.0385. The van der Waals surface area contributed by atoms with Gasteiger partial charge in [-0.1, -0.05) is 30.3 Å². The van der Waals surface area contributed by atoms with E-state index in [0.29, 0.717) is 18.8 Å². The summed E-state index contributed by atoms with van der Waals surface area (Å²) in [6.07, 6.45) is 0.774. The molecule has 0 spiro atoms. The first-order valence-electron chi connectivity index (χ1n) is 10.9. The molecule has 2 amide bonds. The highest BCUT2D eigenvalue weighted by atomic mass is 16.5. The van der Waals surface area contributed by atoms with Gasteiger partial charge in [0, 0.05) is 32.7 Å². The molecule has 0 bridgehead atoms. The quantitative estimate of drug-likeness (QED) is 0.771. The number of morpholine rings is 1. The van der Waals surface area contributed by atoms with Crippen molar-refractivity contribution in [3.8, 4) is 11.5 Å². The molecule has 1 N–H and O–H groups in total. The Balaban J connectivity index is 1.56. The van der Waals surface area contributed by atoms with Crippen molar-refractivity contribution in [2.45, 2.75) is 12.5 Å². The Morgan fingerprint density at radius 1 is 1.06 bits per heavy atom. The number of nitrogens with zero attached hydrogens (tertiary/aromatic N) is 2. The zero-order valence-electron chi connectivity index (χ0n) is 18.3. The van der Waals surface area contributed by atoms with Crippen molar-refractivity contribution in [1.29, 1.82) is 0 Å². The highest BCUT2D eigenvalue weighted by Gasteiger charge is 2.33. The molecule has 7 nitrogen and oxygen atoms in total. The molecule has 166 valence electrons. The molecule has 2 aromatic carbocycles. The molecule has 31 heavy (non-hydrogen) atoms. The Kier molecular flexibility index (Phi) is 6.94. The number of ether oxygens (including phenoxy) is 3.